The molecular formula is C17H22Cl2O3S. The monoisotopic (exact) mass is 376 g/mol. The molecule has 0 bridgehead atoms. The highest BCUT2D eigenvalue weighted by Gasteiger charge is 2.09. The lowest BCUT2D eigenvalue weighted by Crippen LogP contribution is -2.11. The lowest BCUT2D eigenvalue weighted by molar-refractivity contribution is -0.142. The molecule has 0 aromatic heterocycles. The van der Waals surface area contributed by atoms with Crippen molar-refractivity contribution >= 4 is 46.7 Å². The number of Topliss-reactive ketones (excluding diaryl/α,β-unsaturated/α-hetero) is 1. The molecule has 0 fully saturated rings. The maximum atomic E-state index is 11.4. The summed E-state index contributed by atoms with van der Waals surface area (Å²) in [4.78, 5) is 22.3. The van der Waals surface area contributed by atoms with Crippen LogP contribution in [0.3, 0.4) is 0 Å². The molecule has 0 heterocycles. The van der Waals surface area contributed by atoms with Gasteiger partial charge in [-0.15, -0.1) is 0 Å². The summed E-state index contributed by atoms with van der Waals surface area (Å²) in [7, 11) is 1.29. The fourth-order valence-corrected chi connectivity index (χ4v) is 3.45. The number of ketones is 1. The minimum atomic E-state index is -0.462. The number of hydrogen-bond acceptors (Lipinski definition) is 4. The van der Waals surface area contributed by atoms with E-state index in [1.807, 2.05) is 12.1 Å². The van der Waals surface area contributed by atoms with Gasteiger partial charge in [0.05, 0.1) is 12.9 Å². The highest BCUT2D eigenvalue weighted by Crippen LogP contribution is 2.22. The van der Waals surface area contributed by atoms with E-state index in [1.54, 1.807) is 17.8 Å². The summed E-state index contributed by atoms with van der Waals surface area (Å²) in [6.07, 6.45) is 5.27. The largest absolute Gasteiger partial charge is 0.469 e. The Morgan fingerprint density at radius 1 is 1.13 bits per heavy atom. The van der Waals surface area contributed by atoms with Gasteiger partial charge in [-0.3, -0.25) is 9.59 Å². The quantitative estimate of drug-likeness (QED) is 0.311. The number of thioether (sulfide) groups is 1. The van der Waals surface area contributed by atoms with E-state index in [9.17, 15) is 9.59 Å². The molecule has 0 saturated carbocycles. The van der Waals surface area contributed by atoms with Crippen molar-refractivity contribution in [3.8, 4) is 0 Å². The van der Waals surface area contributed by atoms with Gasteiger partial charge in [-0.2, -0.15) is 11.8 Å². The molecule has 23 heavy (non-hydrogen) atoms. The molecule has 0 amide bonds. The normalized spacial score (nSPS) is 10.6. The topological polar surface area (TPSA) is 43.4 Å². The molecule has 0 aliphatic rings. The van der Waals surface area contributed by atoms with E-state index in [-0.39, 0.29) is 12.2 Å². The Morgan fingerprint density at radius 3 is 2.57 bits per heavy atom. The average Bonchev–Trinajstić information content (AvgIpc) is 2.51. The Morgan fingerprint density at radius 2 is 1.87 bits per heavy atom. The van der Waals surface area contributed by atoms with Crippen LogP contribution in [0, 0.1) is 0 Å². The summed E-state index contributed by atoms with van der Waals surface area (Å²) in [5, 5.41) is 1.40. The second-order valence-corrected chi connectivity index (χ2v) is 7.19. The van der Waals surface area contributed by atoms with Gasteiger partial charge >= 0.3 is 5.97 Å². The molecule has 0 saturated heterocycles. The minimum Gasteiger partial charge on any atom is -0.469 e. The molecule has 0 aliphatic heterocycles. The van der Waals surface area contributed by atoms with Gasteiger partial charge in [0.2, 0.25) is 0 Å². The van der Waals surface area contributed by atoms with Crippen LogP contribution in [0.4, 0.5) is 0 Å². The van der Waals surface area contributed by atoms with Crippen LogP contribution in [0.1, 0.15) is 37.7 Å². The first-order chi connectivity index (χ1) is 11.0. The minimum absolute atomic E-state index is 0.0702. The standard InChI is InChI=1S/C17H22Cl2O3S/c1-22-17(21)11-15(20)12-23-9-5-3-2-4-6-13-7-8-14(18)10-16(13)19/h7-8,10H,2-6,9,11-12H2,1H3. The molecule has 0 unspecified atom stereocenters. The van der Waals surface area contributed by atoms with E-state index < -0.39 is 5.97 Å². The molecule has 1 aromatic rings. The molecule has 3 nitrogen and oxygen atoms in total. The van der Waals surface area contributed by atoms with E-state index in [2.05, 4.69) is 4.74 Å². The number of benzene rings is 1. The number of carbonyl (C=O) groups is 2. The predicted molar refractivity (Wildman–Crippen MR) is 97.6 cm³/mol. The molecule has 1 rings (SSSR count). The van der Waals surface area contributed by atoms with Gasteiger partial charge < -0.3 is 4.74 Å². The number of carbonyl (C=O) groups excluding carboxylic acids is 2. The zero-order valence-electron chi connectivity index (χ0n) is 13.3. The maximum absolute atomic E-state index is 11.4. The predicted octanol–water partition coefficient (Wildman–Crippen LogP) is 4.96. The number of methoxy groups -OCH3 is 1. The van der Waals surface area contributed by atoms with Gasteiger partial charge in [0, 0.05) is 10.0 Å². The summed E-state index contributed by atoms with van der Waals surface area (Å²) in [5.41, 5.74) is 1.14. The Balaban J connectivity index is 2.01. The van der Waals surface area contributed by atoms with Crippen LogP contribution in [-0.4, -0.2) is 30.4 Å². The lowest BCUT2D eigenvalue weighted by atomic mass is 10.1. The molecule has 0 aliphatic carbocycles. The van der Waals surface area contributed by atoms with Crippen LogP contribution in [0.25, 0.3) is 0 Å². The van der Waals surface area contributed by atoms with Crippen LogP contribution in [0.15, 0.2) is 18.2 Å². The van der Waals surface area contributed by atoms with Crippen molar-refractivity contribution in [3.05, 3.63) is 33.8 Å². The zero-order chi connectivity index (χ0) is 17.1. The number of halogens is 2. The van der Waals surface area contributed by atoms with Crippen LogP contribution in [-0.2, 0) is 20.7 Å². The lowest BCUT2D eigenvalue weighted by Gasteiger charge is -2.05. The average molecular weight is 377 g/mol. The summed E-state index contributed by atoms with van der Waals surface area (Å²) < 4.78 is 4.46. The number of hydrogen-bond donors (Lipinski definition) is 0. The van der Waals surface area contributed by atoms with Crippen molar-refractivity contribution in [2.24, 2.45) is 0 Å². The second-order valence-electron chi connectivity index (χ2n) is 5.24. The number of unbranched alkanes of at least 4 members (excludes halogenated alkanes) is 3. The van der Waals surface area contributed by atoms with E-state index in [1.165, 1.54) is 7.11 Å². The summed E-state index contributed by atoms with van der Waals surface area (Å²) in [5.74, 6) is 0.792. The Kier molecular flexibility index (Phi) is 10.4. The number of esters is 1. The maximum Gasteiger partial charge on any atom is 0.313 e. The zero-order valence-corrected chi connectivity index (χ0v) is 15.6. The van der Waals surface area contributed by atoms with Crippen molar-refractivity contribution in [2.75, 3.05) is 18.6 Å². The third kappa shape index (κ3) is 9.23. The van der Waals surface area contributed by atoms with Crippen LogP contribution < -0.4 is 0 Å². The van der Waals surface area contributed by atoms with Gasteiger partial charge in [0.25, 0.3) is 0 Å². The van der Waals surface area contributed by atoms with Crippen molar-refractivity contribution in [2.45, 2.75) is 38.5 Å². The first-order valence-corrected chi connectivity index (χ1v) is 9.54. The van der Waals surface area contributed by atoms with Crippen LogP contribution in [0.2, 0.25) is 10.0 Å². The van der Waals surface area contributed by atoms with Gasteiger partial charge in [-0.1, -0.05) is 42.1 Å². The SMILES string of the molecule is COC(=O)CC(=O)CSCCCCCCc1ccc(Cl)cc1Cl. The first-order valence-electron chi connectivity index (χ1n) is 7.63. The molecule has 128 valence electrons. The number of rotatable bonds is 11. The highest BCUT2D eigenvalue weighted by molar-refractivity contribution is 7.99. The molecular weight excluding hydrogens is 355 g/mol. The Bertz CT molecular complexity index is 521. The summed E-state index contributed by atoms with van der Waals surface area (Å²) in [6, 6.07) is 5.62. The Hall–Kier alpha value is -0.710. The third-order valence-corrected chi connectivity index (χ3v) is 5.02. The van der Waals surface area contributed by atoms with E-state index in [0.717, 1.165) is 48.4 Å². The molecule has 0 atom stereocenters. The van der Waals surface area contributed by atoms with Crippen LogP contribution in [0.5, 0.6) is 0 Å². The highest BCUT2D eigenvalue weighted by atomic mass is 35.5. The van der Waals surface area contributed by atoms with E-state index >= 15 is 0 Å². The number of ether oxygens (including phenoxy) is 1. The summed E-state index contributed by atoms with van der Waals surface area (Å²) >= 11 is 13.6. The van der Waals surface area contributed by atoms with Gasteiger partial charge in [0.15, 0.2) is 5.78 Å². The van der Waals surface area contributed by atoms with Gasteiger partial charge in [0.1, 0.15) is 6.42 Å². The smallest absolute Gasteiger partial charge is 0.313 e. The van der Waals surface area contributed by atoms with E-state index in [0.29, 0.717) is 10.8 Å². The van der Waals surface area contributed by atoms with Crippen molar-refractivity contribution in [3.63, 3.8) is 0 Å². The van der Waals surface area contributed by atoms with Crippen LogP contribution >= 0.6 is 35.0 Å². The van der Waals surface area contributed by atoms with E-state index in [4.69, 9.17) is 23.2 Å². The molecule has 6 heteroatoms. The number of aryl methyl sites for hydroxylation is 1. The molecule has 0 N–H and O–H groups in total. The fourth-order valence-electron chi connectivity index (χ4n) is 2.07. The molecule has 0 spiro atoms. The first kappa shape index (κ1) is 20.3. The van der Waals surface area contributed by atoms with Gasteiger partial charge in [-0.05, 0) is 42.7 Å². The van der Waals surface area contributed by atoms with Crippen molar-refractivity contribution < 1.29 is 14.3 Å². The van der Waals surface area contributed by atoms with Crippen molar-refractivity contribution in [1.82, 2.24) is 0 Å². The molecule has 0 radical (unpaired) electrons. The fraction of sp³-hybridized carbons (Fsp3) is 0.529. The Labute approximate surface area is 152 Å². The van der Waals surface area contributed by atoms with Gasteiger partial charge in [-0.25, -0.2) is 0 Å². The summed E-state index contributed by atoms with van der Waals surface area (Å²) in [6.45, 7) is 0. The molecule has 1 aromatic carbocycles. The third-order valence-electron chi connectivity index (χ3n) is 3.33. The second kappa shape index (κ2) is 11.8. The van der Waals surface area contributed by atoms with Crippen molar-refractivity contribution in [1.29, 1.82) is 0 Å².